The molecule has 2 aliphatic heterocycles. The molecule has 0 spiro atoms. The van der Waals surface area contributed by atoms with Crippen LogP contribution in [0.15, 0.2) is 94.9 Å². The molecule has 2 aliphatic rings. The van der Waals surface area contributed by atoms with Gasteiger partial charge in [-0.1, -0.05) is 61.1 Å². The van der Waals surface area contributed by atoms with E-state index >= 15 is 0 Å². The summed E-state index contributed by atoms with van der Waals surface area (Å²) in [6.45, 7) is 8.78. The number of pyridine rings is 1. The Hall–Kier alpha value is -3.73. The first-order valence-electron chi connectivity index (χ1n) is 13.7. The predicted octanol–water partition coefficient (Wildman–Crippen LogP) is 9.04. The average molecular weight is 747 g/mol. The van der Waals surface area contributed by atoms with Crippen LogP contribution in [0.1, 0.15) is 26.3 Å². The van der Waals surface area contributed by atoms with Crippen molar-refractivity contribution in [3.8, 4) is 17.3 Å². The van der Waals surface area contributed by atoms with E-state index in [1.165, 1.54) is 21.8 Å². The van der Waals surface area contributed by atoms with Gasteiger partial charge in [-0.25, -0.2) is 4.98 Å². The molecule has 7 heteroatoms. The predicted molar refractivity (Wildman–Crippen MR) is 167 cm³/mol. The van der Waals surface area contributed by atoms with Gasteiger partial charge < -0.3 is 19.1 Å². The summed E-state index contributed by atoms with van der Waals surface area (Å²) < 4.78 is 8.62. The summed E-state index contributed by atoms with van der Waals surface area (Å²) in [5.41, 5.74) is 6.66. The third-order valence-electron chi connectivity index (χ3n) is 7.83. The van der Waals surface area contributed by atoms with E-state index in [-0.39, 0.29) is 26.5 Å². The van der Waals surface area contributed by atoms with Crippen LogP contribution in [-0.4, -0.2) is 16.6 Å². The fraction of sp³-hybridized carbons (Fsp3) is 0.143. The van der Waals surface area contributed by atoms with Gasteiger partial charge in [0, 0.05) is 60.5 Å². The third-order valence-corrected chi connectivity index (χ3v) is 8.93. The van der Waals surface area contributed by atoms with E-state index in [0.717, 1.165) is 38.2 Å². The smallest absolute Gasteiger partial charge is 0.135 e. The van der Waals surface area contributed by atoms with E-state index in [9.17, 15) is 0 Å². The van der Waals surface area contributed by atoms with Gasteiger partial charge in [0.2, 0.25) is 0 Å². The molecule has 0 saturated heterocycles. The quantitative estimate of drug-likeness (QED) is 0.169. The van der Waals surface area contributed by atoms with E-state index in [1.807, 2.05) is 18.3 Å². The van der Waals surface area contributed by atoms with Crippen molar-refractivity contribution in [2.75, 3.05) is 16.8 Å². The molecule has 4 aromatic carbocycles. The minimum atomic E-state index is 0. The zero-order chi connectivity index (χ0) is 27.9. The number of anilines is 3. The van der Waals surface area contributed by atoms with Crippen LogP contribution in [0.3, 0.4) is 0 Å². The van der Waals surface area contributed by atoms with Gasteiger partial charge in [-0.15, -0.1) is 29.7 Å². The van der Waals surface area contributed by atoms with Crippen LogP contribution in [0.4, 0.5) is 17.1 Å². The minimum absolute atomic E-state index is 0. The van der Waals surface area contributed by atoms with Crippen molar-refractivity contribution < 1.29 is 25.8 Å². The molecule has 0 bridgehead atoms. The first kappa shape index (κ1) is 27.1. The Labute approximate surface area is 264 Å². The van der Waals surface area contributed by atoms with E-state index in [2.05, 4.69) is 128 Å². The maximum atomic E-state index is 6.43. The van der Waals surface area contributed by atoms with Crippen molar-refractivity contribution in [3.05, 3.63) is 109 Å². The fourth-order valence-electron chi connectivity index (χ4n) is 5.77. The molecule has 0 fully saturated rings. The maximum absolute atomic E-state index is 6.43. The molecule has 0 saturated carbocycles. The number of nitrogens with zero attached hydrogens (tertiary/aromatic N) is 4. The summed E-state index contributed by atoms with van der Waals surface area (Å²) in [6, 6.07) is 34.5. The molecule has 212 valence electrons. The van der Waals surface area contributed by atoms with Crippen molar-refractivity contribution in [1.82, 2.24) is 9.55 Å². The summed E-state index contributed by atoms with van der Waals surface area (Å²) >= 11 is 1.77. The molecule has 42 heavy (non-hydrogen) atoms. The number of hydrogen-bond donors (Lipinski definition) is 0. The normalized spacial score (nSPS) is 13.7. The van der Waals surface area contributed by atoms with Crippen LogP contribution in [0, 0.1) is 18.8 Å². The molecule has 2 aromatic heterocycles. The van der Waals surface area contributed by atoms with E-state index in [0.29, 0.717) is 11.5 Å². The molecule has 4 heterocycles. The van der Waals surface area contributed by atoms with Crippen molar-refractivity contribution in [2.24, 2.45) is 0 Å². The SMILES string of the molecule is CN1[CH-]N2c3[c-]c(Oc4[c-]c5c(cc4)c4ccccc4n5-c4cc(C(C)(C)C)ccn4)ccc3Sc3cccc1c32.[Pt]. The average Bonchev–Trinajstić information content (AvgIpc) is 3.48. The number of rotatable bonds is 3. The molecule has 0 aliphatic carbocycles. The second-order valence-electron chi connectivity index (χ2n) is 11.5. The largest absolute Gasteiger partial charge is 0.509 e. The van der Waals surface area contributed by atoms with Gasteiger partial charge in [0.1, 0.15) is 5.82 Å². The van der Waals surface area contributed by atoms with Gasteiger partial charge in [-0.2, -0.15) is 30.6 Å². The Morgan fingerprint density at radius 1 is 0.857 bits per heavy atom. The summed E-state index contributed by atoms with van der Waals surface area (Å²) in [7, 11) is 2.08. The Morgan fingerprint density at radius 3 is 2.52 bits per heavy atom. The second-order valence-corrected chi connectivity index (χ2v) is 12.6. The molecule has 8 rings (SSSR count). The van der Waals surface area contributed by atoms with Crippen LogP contribution in [0.25, 0.3) is 27.6 Å². The summed E-state index contributed by atoms with van der Waals surface area (Å²) in [5.74, 6) is 2.16. The number of benzene rings is 4. The molecule has 0 amide bonds. The van der Waals surface area contributed by atoms with Gasteiger partial charge in [0.05, 0.1) is 0 Å². The van der Waals surface area contributed by atoms with Crippen molar-refractivity contribution >= 4 is 50.6 Å². The Balaban J connectivity index is 0.00000288. The van der Waals surface area contributed by atoms with Crippen molar-refractivity contribution in [1.29, 1.82) is 0 Å². The first-order chi connectivity index (χ1) is 19.8. The minimum Gasteiger partial charge on any atom is -0.509 e. The standard InChI is InChI=1S/C35H27N4OS.Pt/c1-35(2,3)22-16-17-36-33(18-22)39-27-9-6-5-8-25(27)26-14-12-23(19-29(26)39)40-24-13-15-31-30(20-24)38-21-37(4)28-10-7-11-32(41-31)34(28)38;/h5-18,21H,1-4H3;/q-3;. The number of ether oxygens (including phenoxy) is 1. The topological polar surface area (TPSA) is 33.5 Å². The summed E-state index contributed by atoms with van der Waals surface area (Å²) in [4.78, 5) is 11.5. The van der Waals surface area contributed by atoms with Gasteiger partial charge >= 0.3 is 0 Å². The molecule has 0 radical (unpaired) electrons. The van der Waals surface area contributed by atoms with Gasteiger partial charge in [-0.05, 0) is 53.7 Å². The number of hydrogen-bond acceptors (Lipinski definition) is 5. The van der Waals surface area contributed by atoms with E-state index in [4.69, 9.17) is 9.72 Å². The molecule has 0 N–H and O–H groups in total. The van der Waals surface area contributed by atoms with Crippen molar-refractivity contribution in [2.45, 2.75) is 36.0 Å². The van der Waals surface area contributed by atoms with Gasteiger partial charge in [-0.3, -0.25) is 0 Å². The maximum Gasteiger partial charge on any atom is 0.135 e. The zero-order valence-corrected chi connectivity index (χ0v) is 26.7. The molecular weight excluding hydrogens is 720 g/mol. The summed E-state index contributed by atoms with van der Waals surface area (Å²) in [6.07, 6.45) is 1.90. The third kappa shape index (κ3) is 4.23. The summed E-state index contributed by atoms with van der Waals surface area (Å²) in [5, 5.41) is 2.27. The monoisotopic (exact) mass is 746 g/mol. The van der Waals surface area contributed by atoms with Crippen LogP contribution in [0.2, 0.25) is 0 Å². The van der Waals surface area contributed by atoms with Crippen LogP contribution in [-0.2, 0) is 26.5 Å². The fourth-order valence-corrected chi connectivity index (χ4v) is 6.83. The number of para-hydroxylation sites is 2. The van der Waals surface area contributed by atoms with Crippen LogP contribution < -0.4 is 14.5 Å². The molecule has 0 atom stereocenters. The Kier molecular flexibility index (Phi) is 6.41. The van der Waals surface area contributed by atoms with Crippen LogP contribution in [0.5, 0.6) is 11.5 Å². The van der Waals surface area contributed by atoms with E-state index in [1.54, 1.807) is 11.8 Å². The molecule has 6 aromatic rings. The number of aromatic nitrogens is 2. The second kappa shape index (κ2) is 9.93. The molecule has 5 nitrogen and oxygen atoms in total. The van der Waals surface area contributed by atoms with Crippen LogP contribution >= 0.6 is 11.8 Å². The molecular formula is C35H27N4OPtS-3. The van der Waals surface area contributed by atoms with Gasteiger partial charge in [0.25, 0.3) is 0 Å². The van der Waals surface area contributed by atoms with Gasteiger partial charge in [0.15, 0.2) is 0 Å². The first-order valence-corrected chi connectivity index (χ1v) is 14.5. The Bertz CT molecular complexity index is 2010. The van der Waals surface area contributed by atoms with Crippen molar-refractivity contribution in [3.63, 3.8) is 0 Å². The Morgan fingerprint density at radius 2 is 1.67 bits per heavy atom. The number of fused-ring (bicyclic) bond motifs is 5. The van der Waals surface area contributed by atoms with E-state index < -0.39 is 0 Å². The molecule has 0 unspecified atom stereocenters. The zero-order valence-electron chi connectivity index (χ0n) is 23.6.